The van der Waals surface area contributed by atoms with Crippen LogP contribution in [0.4, 0.5) is 0 Å². The van der Waals surface area contributed by atoms with Gasteiger partial charge in [-0.15, -0.1) is 11.8 Å². The average Bonchev–Trinajstić information content (AvgIpc) is 2.32. The lowest BCUT2D eigenvalue weighted by atomic mass is 10.1. The summed E-state index contributed by atoms with van der Waals surface area (Å²) in [5.41, 5.74) is 1.52. The standard InChI is InChI=1S/C12H11NO3S/c14-11-8-17-7-10(13(11)6-12(15)16)9-4-2-1-3-5-9/h1-5,7H,6,8H2,(H,15,16). The maximum absolute atomic E-state index is 11.7. The highest BCUT2D eigenvalue weighted by Gasteiger charge is 2.24. The second-order valence-electron chi connectivity index (χ2n) is 3.55. The molecule has 0 bridgehead atoms. The van der Waals surface area contributed by atoms with E-state index in [1.165, 1.54) is 16.7 Å². The first-order valence-electron chi connectivity index (χ1n) is 5.08. The smallest absolute Gasteiger partial charge is 0.323 e. The Kier molecular flexibility index (Phi) is 3.49. The van der Waals surface area contributed by atoms with Gasteiger partial charge in [0.2, 0.25) is 5.91 Å². The molecule has 0 aromatic heterocycles. The largest absolute Gasteiger partial charge is 0.480 e. The molecule has 4 nitrogen and oxygen atoms in total. The molecule has 5 heteroatoms. The number of aliphatic carboxylic acids is 1. The molecule has 1 amide bonds. The van der Waals surface area contributed by atoms with Crippen LogP contribution in [0.2, 0.25) is 0 Å². The monoisotopic (exact) mass is 249 g/mol. The predicted molar refractivity (Wildman–Crippen MR) is 66.2 cm³/mol. The molecule has 0 aliphatic carbocycles. The molecule has 0 fully saturated rings. The molecule has 88 valence electrons. The van der Waals surface area contributed by atoms with Gasteiger partial charge >= 0.3 is 5.97 Å². The Balaban J connectivity index is 2.33. The van der Waals surface area contributed by atoms with Crippen LogP contribution in [0.5, 0.6) is 0 Å². The third kappa shape index (κ3) is 2.68. The summed E-state index contributed by atoms with van der Waals surface area (Å²) in [7, 11) is 0. The Labute approximate surface area is 103 Å². The second kappa shape index (κ2) is 5.05. The number of hydrogen-bond donors (Lipinski definition) is 1. The van der Waals surface area contributed by atoms with Crippen molar-refractivity contribution in [3.8, 4) is 0 Å². The molecule has 0 radical (unpaired) electrons. The number of benzene rings is 1. The molecule has 0 unspecified atom stereocenters. The number of amides is 1. The molecule has 2 rings (SSSR count). The van der Waals surface area contributed by atoms with Gasteiger partial charge in [0.25, 0.3) is 0 Å². The third-order valence-electron chi connectivity index (χ3n) is 2.36. The summed E-state index contributed by atoms with van der Waals surface area (Å²) < 4.78 is 0. The number of carbonyl (C=O) groups is 2. The van der Waals surface area contributed by atoms with Crippen LogP contribution in [0.25, 0.3) is 5.70 Å². The summed E-state index contributed by atoms with van der Waals surface area (Å²) >= 11 is 1.39. The van der Waals surface area contributed by atoms with E-state index in [9.17, 15) is 9.59 Å². The highest BCUT2D eigenvalue weighted by molar-refractivity contribution is 8.03. The lowest BCUT2D eigenvalue weighted by Gasteiger charge is -2.27. The lowest BCUT2D eigenvalue weighted by Crippen LogP contribution is -2.37. The summed E-state index contributed by atoms with van der Waals surface area (Å²) in [6.45, 7) is -0.292. The van der Waals surface area contributed by atoms with Crippen LogP contribution in [0.3, 0.4) is 0 Å². The average molecular weight is 249 g/mol. The van der Waals surface area contributed by atoms with Crippen LogP contribution in [0, 0.1) is 0 Å². The van der Waals surface area contributed by atoms with E-state index < -0.39 is 5.97 Å². The van der Waals surface area contributed by atoms with E-state index in [2.05, 4.69) is 0 Å². The molecule has 1 aromatic rings. The molecular formula is C12H11NO3S. The van der Waals surface area contributed by atoms with E-state index in [1.807, 2.05) is 35.7 Å². The van der Waals surface area contributed by atoms with E-state index in [0.717, 1.165) is 5.56 Å². The van der Waals surface area contributed by atoms with E-state index in [-0.39, 0.29) is 12.5 Å². The van der Waals surface area contributed by atoms with Gasteiger partial charge in [0.05, 0.1) is 11.4 Å². The zero-order valence-corrected chi connectivity index (χ0v) is 9.81. The van der Waals surface area contributed by atoms with Gasteiger partial charge in [-0.1, -0.05) is 30.3 Å². The Morgan fingerprint density at radius 2 is 2.06 bits per heavy atom. The summed E-state index contributed by atoms with van der Waals surface area (Å²) in [5.74, 6) is -0.880. The van der Waals surface area contributed by atoms with Gasteiger partial charge in [0.1, 0.15) is 6.54 Å². The van der Waals surface area contributed by atoms with E-state index in [0.29, 0.717) is 11.4 Å². The van der Waals surface area contributed by atoms with Gasteiger partial charge in [-0.05, 0) is 11.0 Å². The molecule has 1 aliphatic rings. The zero-order valence-electron chi connectivity index (χ0n) is 9.00. The van der Waals surface area contributed by atoms with E-state index >= 15 is 0 Å². The quantitative estimate of drug-likeness (QED) is 0.884. The van der Waals surface area contributed by atoms with Crippen LogP contribution in [0.1, 0.15) is 5.56 Å². The first kappa shape index (κ1) is 11.7. The number of carboxylic acids is 1. The Morgan fingerprint density at radius 3 is 2.71 bits per heavy atom. The van der Waals surface area contributed by atoms with Gasteiger partial charge in [0.15, 0.2) is 0 Å². The van der Waals surface area contributed by atoms with Gasteiger partial charge in [-0.2, -0.15) is 0 Å². The lowest BCUT2D eigenvalue weighted by molar-refractivity contribution is -0.141. The van der Waals surface area contributed by atoms with Crippen LogP contribution in [-0.2, 0) is 9.59 Å². The minimum Gasteiger partial charge on any atom is -0.480 e. The summed E-state index contributed by atoms with van der Waals surface area (Å²) in [6.07, 6.45) is 0. The van der Waals surface area contributed by atoms with Crippen LogP contribution in [0.15, 0.2) is 35.7 Å². The highest BCUT2D eigenvalue weighted by atomic mass is 32.2. The minimum absolute atomic E-state index is 0.168. The number of carbonyl (C=O) groups excluding carboxylic acids is 1. The SMILES string of the molecule is O=C(O)CN1C(=O)CSC=C1c1ccccc1. The molecule has 1 aromatic carbocycles. The Bertz CT molecular complexity index is 470. The molecule has 0 saturated carbocycles. The fourth-order valence-corrected chi connectivity index (χ4v) is 2.41. The van der Waals surface area contributed by atoms with Crippen molar-refractivity contribution in [2.75, 3.05) is 12.3 Å². The fraction of sp³-hybridized carbons (Fsp3) is 0.167. The zero-order chi connectivity index (χ0) is 12.3. The first-order valence-corrected chi connectivity index (χ1v) is 6.12. The van der Waals surface area contributed by atoms with Crippen LogP contribution in [-0.4, -0.2) is 34.2 Å². The van der Waals surface area contributed by atoms with Crippen molar-refractivity contribution < 1.29 is 14.7 Å². The van der Waals surface area contributed by atoms with Crippen molar-refractivity contribution in [2.45, 2.75) is 0 Å². The highest BCUT2D eigenvalue weighted by Crippen LogP contribution is 2.27. The van der Waals surface area contributed by atoms with Gasteiger partial charge < -0.3 is 5.11 Å². The topological polar surface area (TPSA) is 57.6 Å². The molecule has 17 heavy (non-hydrogen) atoms. The van der Waals surface area contributed by atoms with E-state index in [1.54, 1.807) is 0 Å². The predicted octanol–water partition coefficient (Wildman–Crippen LogP) is 1.64. The van der Waals surface area contributed by atoms with Crippen molar-refractivity contribution >= 4 is 29.3 Å². The molecule has 1 N–H and O–H groups in total. The molecule has 1 heterocycles. The summed E-state index contributed by atoms with van der Waals surface area (Å²) in [6, 6.07) is 9.32. The number of thioether (sulfide) groups is 1. The molecule has 0 spiro atoms. The van der Waals surface area contributed by atoms with Crippen molar-refractivity contribution in [3.63, 3.8) is 0 Å². The van der Waals surface area contributed by atoms with E-state index in [4.69, 9.17) is 5.11 Å². The second-order valence-corrected chi connectivity index (χ2v) is 4.41. The van der Waals surface area contributed by atoms with Gasteiger partial charge in [-0.3, -0.25) is 14.5 Å². The van der Waals surface area contributed by atoms with Crippen LogP contribution < -0.4 is 0 Å². The van der Waals surface area contributed by atoms with Crippen molar-refractivity contribution in [3.05, 3.63) is 41.3 Å². The number of rotatable bonds is 3. The Morgan fingerprint density at radius 1 is 1.35 bits per heavy atom. The first-order chi connectivity index (χ1) is 8.18. The van der Waals surface area contributed by atoms with Crippen molar-refractivity contribution in [2.24, 2.45) is 0 Å². The van der Waals surface area contributed by atoms with Gasteiger partial charge in [-0.25, -0.2) is 0 Å². The maximum atomic E-state index is 11.7. The van der Waals surface area contributed by atoms with Gasteiger partial charge in [0, 0.05) is 0 Å². The fourth-order valence-electron chi connectivity index (χ4n) is 1.61. The molecule has 1 aliphatic heterocycles. The molecular weight excluding hydrogens is 238 g/mol. The maximum Gasteiger partial charge on any atom is 0.323 e. The summed E-state index contributed by atoms with van der Waals surface area (Å²) in [4.78, 5) is 23.8. The van der Waals surface area contributed by atoms with Crippen LogP contribution >= 0.6 is 11.8 Å². The molecule has 0 atom stereocenters. The summed E-state index contributed by atoms with van der Waals surface area (Å²) in [5, 5.41) is 10.7. The number of hydrogen-bond acceptors (Lipinski definition) is 3. The Hall–Kier alpha value is -1.75. The third-order valence-corrected chi connectivity index (χ3v) is 3.16. The normalized spacial score (nSPS) is 15.6. The van der Waals surface area contributed by atoms with Crippen molar-refractivity contribution in [1.82, 2.24) is 4.90 Å². The minimum atomic E-state index is -1.01. The molecule has 0 saturated heterocycles. The number of carboxylic acid groups (broad SMARTS) is 1. The number of nitrogens with zero attached hydrogens (tertiary/aromatic N) is 1. The van der Waals surface area contributed by atoms with Crippen molar-refractivity contribution in [1.29, 1.82) is 0 Å².